The zero-order valence-corrected chi connectivity index (χ0v) is 19.8. The number of amides is 1. The van der Waals surface area contributed by atoms with Crippen LogP contribution in [0, 0.1) is 6.92 Å². The second-order valence-electron chi connectivity index (χ2n) is 8.69. The molecule has 0 spiro atoms. The van der Waals surface area contributed by atoms with Gasteiger partial charge in [0.1, 0.15) is 11.4 Å². The van der Waals surface area contributed by atoms with Crippen molar-refractivity contribution in [3.8, 4) is 17.1 Å². The Labute approximate surface area is 195 Å². The number of hydrogen-bond donors (Lipinski definition) is 0. The molecule has 0 saturated heterocycles. The van der Waals surface area contributed by atoms with E-state index in [1.807, 2.05) is 98.3 Å². The first-order valence-corrected chi connectivity index (χ1v) is 11.2. The molecule has 2 aromatic carbocycles. The average molecular weight is 442 g/mol. The molecule has 0 radical (unpaired) electrons. The Balaban J connectivity index is 1.77. The lowest BCUT2D eigenvalue weighted by molar-refractivity contribution is 0.0722. The number of rotatable bonds is 8. The summed E-state index contributed by atoms with van der Waals surface area (Å²) >= 11 is 0. The van der Waals surface area contributed by atoms with Crippen LogP contribution in [0.4, 0.5) is 0 Å². The molecule has 0 aliphatic heterocycles. The lowest BCUT2D eigenvalue weighted by Crippen LogP contribution is -2.37. The summed E-state index contributed by atoms with van der Waals surface area (Å²) in [7, 11) is 6.03. The van der Waals surface area contributed by atoms with E-state index in [0.29, 0.717) is 18.8 Å². The lowest BCUT2D eigenvalue weighted by atomic mass is 10.2. The summed E-state index contributed by atoms with van der Waals surface area (Å²) in [5.74, 6) is -0.0323. The summed E-state index contributed by atoms with van der Waals surface area (Å²) in [6, 6.07) is 24.1. The molecular formula is C27H31N5O. The van der Waals surface area contributed by atoms with Gasteiger partial charge in [0.05, 0.1) is 11.4 Å². The van der Waals surface area contributed by atoms with Gasteiger partial charge in [0, 0.05) is 32.9 Å². The Hall–Kier alpha value is -3.64. The minimum atomic E-state index is -0.0323. The van der Waals surface area contributed by atoms with E-state index in [2.05, 4.69) is 23.1 Å². The van der Waals surface area contributed by atoms with E-state index in [0.717, 1.165) is 34.7 Å². The van der Waals surface area contributed by atoms with Crippen LogP contribution >= 0.6 is 0 Å². The average Bonchev–Trinajstić information content (AvgIpc) is 3.43. The summed E-state index contributed by atoms with van der Waals surface area (Å²) in [4.78, 5) is 18.0. The molecule has 2 heterocycles. The molecule has 0 atom stereocenters. The fraction of sp³-hybridized carbons (Fsp3) is 0.259. The van der Waals surface area contributed by atoms with Gasteiger partial charge in [-0.3, -0.25) is 4.79 Å². The number of benzene rings is 2. The first-order chi connectivity index (χ1) is 15.9. The van der Waals surface area contributed by atoms with Gasteiger partial charge in [-0.1, -0.05) is 42.5 Å². The largest absolute Gasteiger partial charge is 0.349 e. The fourth-order valence-electron chi connectivity index (χ4n) is 3.88. The highest BCUT2D eigenvalue weighted by atomic mass is 16.2. The zero-order valence-electron chi connectivity index (χ0n) is 19.8. The van der Waals surface area contributed by atoms with E-state index in [9.17, 15) is 4.79 Å². The molecule has 6 heteroatoms. The van der Waals surface area contributed by atoms with E-state index < -0.39 is 0 Å². The zero-order chi connectivity index (χ0) is 23.4. The van der Waals surface area contributed by atoms with Crippen molar-refractivity contribution in [2.45, 2.75) is 13.5 Å². The highest BCUT2D eigenvalue weighted by Gasteiger charge is 2.24. The van der Waals surface area contributed by atoms with Crippen LogP contribution in [0.5, 0.6) is 0 Å². The van der Waals surface area contributed by atoms with E-state index >= 15 is 0 Å². The second-order valence-corrected chi connectivity index (χ2v) is 8.69. The van der Waals surface area contributed by atoms with Crippen LogP contribution in [-0.4, -0.2) is 57.2 Å². The molecule has 4 rings (SSSR count). The first kappa shape index (κ1) is 22.6. The standard InChI is InChI=1S/C27H31N5O/c1-21-10-8-13-23(18-21)32-26(19-24(28-32)25-14-9-15-30(25)4)27(33)31(17-16-29(2)3)20-22-11-6-5-7-12-22/h5-15,18-19H,16-17,20H2,1-4H3. The van der Waals surface area contributed by atoms with Gasteiger partial charge in [-0.2, -0.15) is 5.10 Å². The molecule has 0 aliphatic rings. The minimum absolute atomic E-state index is 0.0323. The van der Waals surface area contributed by atoms with Crippen molar-refractivity contribution in [1.29, 1.82) is 0 Å². The van der Waals surface area contributed by atoms with Gasteiger partial charge in [0.2, 0.25) is 0 Å². The molecule has 0 saturated carbocycles. The molecule has 33 heavy (non-hydrogen) atoms. The highest BCUT2D eigenvalue weighted by molar-refractivity contribution is 5.94. The van der Waals surface area contributed by atoms with E-state index in [-0.39, 0.29) is 5.91 Å². The van der Waals surface area contributed by atoms with Crippen molar-refractivity contribution >= 4 is 5.91 Å². The molecular weight excluding hydrogens is 410 g/mol. The van der Waals surface area contributed by atoms with Crippen LogP contribution in [0.15, 0.2) is 79.0 Å². The summed E-state index contributed by atoms with van der Waals surface area (Å²) in [5.41, 5.74) is 5.42. The molecule has 0 N–H and O–H groups in total. The molecule has 1 amide bonds. The predicted molar refractivity (Wildman–Crippen MR) is 132 cm³/mol. The van der Waals surface area contributed by atoms with Crippen LogP contribution in [-0.2, 0) is 13.6 Å². The first-order valence-electron chi connectivity index (χ1n) is 11.2. The van der Waals surface area contributed by atoms with Crippen molar-refractivity contribution in [3.05, 3.63) is 95.8 Å². The maximum Gasteiger partial charge on any atom is 0.272 e. The third kappa shape index (κ3) is 5.23. The molecule has 6 nitrogen and oxygen atoms in total. The molecule has 0 fully saturated rings. The molecule has 4 aromatic rings. The normalized spacial score (nSPS) is 11.2. The highest BCUT2D eigenvalue weighted by Crippen LogP contribution is 2.24. The number of likely N-dealkylation sites (N-methyl/N-ethyl adjacent to an activating group) is 1. The van der Waals surface area contributed by atoms with Gasteiger partial charge in [-0.15, -0.1) is 0 Å². The predicted octanol–water partition coefficient (Wildman–Crippen LogP) is 4.39. The SMILES string of the molecule is Cc1cccc(-n2nc(-c3cccn3C)cc2C(=O)N(CCN(C)C)Cc2ccccc2)c1. The van der Waals surface area contributed by atoms with Crippen LogP contribution in [0.2, 0.25) is 0 Å². The second kappa shape index (κ2) is 9.88. The van der Waals surface area contributed by atoms with Gasteiger partial charge in [0.15, 0.2) is 0 Å². The van der Waals surface area contributed by atoms with Crippen LogP contribution in [0.1, 0.15) is 21.6 Å². The summed E-state index contributed by atoms with van der Waals surface area (Å²) in [5, 5.41) is 4.87. The fourth-order valence-corrected chi connectivity index (χ4v) is 3.88. The molecule has 2 aromatic heterocycles. The van der Waals surface area contributed by atoms with Gasteiger partial charge < -0.3 is 14.4 Å². The van der Waals surface area contributed by atoms with Crippen LogP contribution in [0.3, 0.4) is 0 Å². The quantitative estimate of drug-likeness (QED) is 0.407. The van der Waals surface area contributed by atoms with Crippen molar-refractivity contribution in [1.82, 2.24) is 24.1 Å². The van der Waals surface area contributed by atoms with Gasteiger partial charge >= 0.3 is 0 Å². The minimum Gasteiger partial charge on any atom is -0.349 e. The van der Waals surface area contributed by atoms with E-state index in [4.69, 9.17) is 5.10 Å². The Morgan fingerprint density at radius 1 is 0.939 bits per heavy atom. The third-order valence-electron chi connectivity index (χ3n) is 5.70. The summed E-state index contributed by atoms with van der Waals surface area (Å²) < 4.78 is 3.80. The third-order valence-corrected chi connectivity index (χ3v) is 5.70. The molecule has 170 valence electrons. The number of hydrogen-bond acceptors (Lipinski definition) is 3. The Kier molecular flexibility index (Phi) is 6.75. The number of aryl methyl sites for hydroxylation is 2. The van der Waals surface area contributed by atoms with E-state index in [1.54, 1.807) is 4.68 Å². The van der Waals surface area contributed by atoms with Crippen molar-refractivity contribution in [2.24, 2.45) is 7.05 Å². The number of carbonyl (C=O) groups is 1. The topological polar surface area (TPSA) is 46.3 Å². The Bertz CT molecular complexity index is 1220. The van der Waals surface area contributed by atoms with Crippen LogP contribution < -0.4 is 0 Å². The van der Waals surface area contributed by atoms with E-state index in [1.165, 1.54) is 0 Å². The summed E-state index contributed by atoms with van der Waals surface area (Å²) in [6.45, 7) is 4.00. The number of carbonyl (C=O) groups excluding carboxylic acids is 1. The Morgan fingerprint density at radius 2 is 1.73 bits per heavy atom. The van der Waals surface area contributed by atoms with Gasteiger partial charge in [-0.05, 0) is 62.5 Å². The maximum absolute atomic E-state index is 13.9. The number of aromatic nitrogens is 3. The van der Waals surface area contributed by atoms with Gasteiger partial charge in [0.25, 0.3) is 5.91 Å². The lowest BCUT2D eigenvalue weighted by Gasteiger charge is -2.25. The Morgan fingerprint density at radius 3 is 2.39 bits per heavy atom. The van der Waals surface area contributed by atoms with Gasteiger partial charge in [-0.25, -0.2) is 4.68 Å². The van der Waals surface area contributed by atoms with Crippen LogP contribution in [0.25, 0.3) is 17.1 Å². The monoisotopic (exact) mass is 441 g/mol. The molecule has 0 unspecified atom stereocenters. The number of nitrogens with zero attached hydrogens (tertiary/aromatic N) is 5. The molecule has 0 aliphatic carbocycles. The molecule has 0 bridgehead atoms. The van der Waals surface area contributed by atoms with Crippen molar-refractivity contribution < 1.29 is 4.79 Å². The van der Waals surface area contributed by atoms with Crippen molar-refractivity contribution in [3.63, 3.8) is 0 Å². The smallest absolute Gasteiger partial charge is 0.272 e. The summed E-state index contributed by atoms with van der Waals surface area (Å²) in [6.07, 6.45) is 1.99. The maximum atomic E-state index is 13.9. The van der Waals surface area contributed by atoms with Crippen molar-refractivity contribution in [2.75, 3.05) is 27.2 Å².